The number of aliphatic hydroxyl groups is 2. The zero-order valence-electron chi connectivity index (χ0n) is 16.3. The zero-order valence-corrected chi connectivity index (χ0v) is 16.3. The average molecular weight is 352 g/mol. The van der Waals surface area contributed by atoms with Crippen molar-refractivity contribution in [1.29, 1.82) is 0 Å². The summed E-state index contributed by atoms with van der Waals surface area (Å²) in [6, 6.07) is 6.79. The Labute approximate surface area is 151 Å². The second kappa shape index (κ2) is 8.30. The number of benzene rings is 1. The molecule has 5 heteroatoms. The van der Waals surface area contributed by atoms with E-state index in [-0.39, 0.29) is 18.0 Å². The Hall–Kier alpha value is -1.43. The van der Waals surface area contributed by atoms with E-state index in [0.717, 1.165) is 0 Å². The van der Waals surface area contributed by atoms with Crippen molar-refractivity contribution in [3.63, 3.8) is 0 Å². The molecule has 0 aliphatic rings. The molecular formula is C20H32O5. The van der Waals surface area contributed by atoms with Crippen molar-refractivity contribution < 1.29 is 24.5 Å². The predicted molar refractivity (Wildman–Crippen MR) is 98.1 cm³/mol. The van der Waals surface area contributed by atoms with Gasteiger partial charge in [0.15, 0.2) is 5.78 Å². The third-order valence-corrected chi connectivity index (χ3v) is 3.98. The first kappa shape index (κ1) is 21.6. The lowest BCUT2D eigenvalue weighted by atomic mass is 9.97. The molecule has 1 rings (SSSR count). The van der Waals surface area contributed by atoms with Gasteiger partial charge in [0.1, 0.15) is 17.0 Å². The highest BCUT2D eigenvalue weighted by Gasteiger charge is 2.26. The Kier molecular flexibility index (Phi) is 7.18. The topological polar surface area (TPSA) is 76.0 Å². The molecular weight excluding hydrogens is 320 g/mol. The van der Waals surface area contributed by atoms with Gasteiger partial charge in [0.05, 0.1) is 12.2 Å². The van der Waals surface area contributed by atoms with Gasteiger partial charge in [-0.05, 0) is 72.2 Å². The van der Waals surface area contributed by atoms with Crippen molar-refractivity contribution in [2.45, 2.75) is 71.2 Å². The molecule has 0 radical (unpaired) electrons. The number of aliphatic hydroxyl groups excluding tert-OH is 1. The van der Waals surface area contributed by atoms with Gasteiger partial charge in [-0.3, -0.25) is 4.79 Å². The minimum Gasteiger partial charge on any atom is -0.488 e. The van der Waals surface area contributed by atoms with E-state index >= 15 is 0 Å². The maximum atomic E-state index is 12.0. The first-order chi connectivity index (χ1) is 11.4. The number of hydrogen-bond donors (Lipinski definition) is 2. The van der Waals surface area contributed by atoms with E-state index in [1.165, 1.54) is 13.8 Å². The quantitative estimate of drug-likeness (QED) is 0.632. The molecule has 0 bridgehead atoms. The second-order valence-corrected chi connectivity index (χ2v) is 8.11. The summed E-state index contributed by atoms with van der Waals surface area (Å²) in [6.45, 7) is 11.4. The molecule has 2 N–H and O–H groups in total. The maximum Gasteiger partial charge on any atom is 0.193 e. The van der Waals surface area contributed by atoms with Crippen LogP contribution in [0.2, 0.25) is 0 Å². The van der Waals surface area contributed by atoms with Gasteiger partial charge in [0.25, 0.3) is 0 Å². The molecule has 0 fully saturated rings. The van der Waals surface area contributed by atoms with E-state index in [4.69, 9.17) is 14.6 Å². The summed E-state index contributed by atoms with van der Waals surface area (Å²) < 4.78 is 11.8. The van der Waals surface area contributed by atoms with Crippen molar-refractivity contribution in [3.05, 3.63) is 29.8 Å². The maximum absolute atomic E-state index is 12.0. The molecule has 5 nitrogen and oxygen atoms in total. The van der Waals surface area contributed by atoms with Gasteiger partial charge in [-0.15, -0.1) is 0 Å². The molecule has 0 saturated carbocycles. The number of ketones is 1. The van der Waals surface area contributed by atoms with Crippen molar-refractivity contribution in [3.8, 4) is 5.75 Å². The van der Waals surface area contributed by atoms with Crippen LogP contribution >= 0.6 is 0 Å². The van der Waals surface area contributed by atoms with Gasteiger partial charge in [-0.1, -0.05) is 0 Å². The fraction of sp³-hybridized carbons (Fsp3) is 0.650. The van der Waals surface area contributed by atoms with E-state index in [0.29, 0.717) is 30.8 Å². The van der Waals surface area contributed by atoms with Crippen LogP contribution in [0.4, 0.5) is 0 Å². The number of rotatable bonds is 10. The molecule has 0 aromatic heterocycles. The molecule has 0 amide bonds. The number of hydrogen-bond acceptors (Lipinski definition) is 5. The molecule has 1 aromatic rings. The molecule has 0 unspecified atom stereocenters. The minimum absolute atomic E-state index is 0.0998. The van der Waals surface area contributed by atoms with Gasteiger partial charge in [-0.25, -0.2) is 0 Å². The summed E-state index contributed by atoms with van der Waals surface area (Å²) in [6.07, 6.45) is 1.27. The molecule has 0 saturated heterocycles. The highest BCUT2D eigenvalue weighted by Crippen LogP contribution is 2.24. The van der Waals surface area contributed by atoms with E-state index in [1.54, 1.807) is 24.3 Å². The molecule has 142 valence electrons. The van der Waals surface area contributed by atoms with Gasteiger partial charge in [-0.2, -0.15) is 0 Å². The van der Waals surface area contributed by atoms with Crippen molar-refractivity contribution in [2.24, 2.45) is 0 Å². The summed E-state index contributed by atoms with van der Waals surface area (Å²) in [5, 5.41) is 18.8. The summed E-state index contributed by atoms with van der Waals surface area (Å²) in [4.78, 5) is 12.0. The highest BCUT2D eigenvalue weighted by molar-refractivity contribution is 6.01. The van der Waals surface area contributed by atoms with Crippen LogP contribution in [0.5, 0.6) is 5.75 Å². The number of Topliss-reactive ketones (excluding diaryl/α,β-unsaturated/α-hetero) is 1. The first-order valence-corrected chi connectivity index (χ1v) is 8.67. The Morgan fingerprint density at radius 3 is 2.00 bits per heavy atom. The number of ether oxygens (including phenoxy) is 2. The Morgan fingerprint density at radius 1 is 0.960 bits per heavy atom. The Balaban J connectivity index is 2.61. The van der Waals surface area contributed by atoms with E-state index in [2.05, 4.69) is 0 Å². The molecule has 25 heavy (non-hydrogen) atoms. The molecule has 0 aliphatic carbocycles. The molecule has 1 aromatic carbocycles. The Bertz CT molecular complexity index is 552. The molecule has 0 spiro atoms. The van der Waals surface area contributed by atoms with Crippen LogP contribution in [0.3, 0.4) is 0 Å². The van der Waals surface area contributed by atoms with Crippen LogP contribution in [0, 0.1) is 0 Å². The minimum atomic E-state index is -1.39. The summed E-state index contributed by atoms with van der Waals surface area (Å²) >= 11 is 0. The summed E-state index contributed by atoms with van der Waals surface area (Å²) in [7, 11) is 0. The monoisotopic (exact) mass is 352 g/mol. The van der Waals surface area contributed by atoms with Crippen molar-refractivity contribution in [1.82, 2.24) is 0 Å². The highest BCUT2D eigenvalue weighted by atomic mass is 16.5. The summed E-state index contributed by atoms with van der Waals surface area (Å²) in [5.74, 6) is 0.338. The van der Waals surface area contributed by atoms with E-state index in [9.17, 15) is 9.90 Å². The standard InChI is InChI=1S/C20H32O5/c1-18(2,11-13-21)24-14-12-19(3,4)25-16-9-7-15(8-10-16)17(22)20(5,6)23/h7-10,21,23H,11-14H2,1-6H3. The smallest absolute Gasteiger partial charge is 0.193 e. The van der Waals surface area contributed by atoms with Crippen molar-refractivity contribution in [2.75, 3.05) is 13.2 Å². The third kappa shape index (κ3) is 7.55. The van der Waals surface area contributed by atoms with Crippen LogP contribution in [0.25, 0.3) is 0 Å². The third-order valence-electron chi connectivity index (χ3n) is 3.98. The molecule has 0 atom stereocenters. The SMILES string of the molecule is CC(C)(CCO)OCCC(C)(C)Oc1ccc(C(=O)C(C)(C)O)cc1. The average Bonchev–Trinajstić information content (AvgIpc) is 2.45. The summed E-state index contributed by atoms with van der Waals surface area (Å²) in [5.41, 5.74) is -1.73. The van der Waals surface area contributed by atoms with E-state index in [1.807, 2.05) is 27.7 Å². The largest absolute Gasteiger partial charge is 0.488 e. The fourth-order valence-electron chi connectivity index (χ4n) is 2.31. The molecule has 0 heterocycles. The van der Waals surface area contributed by atoms with Crippen LogP contribution in [0.1, 0.15) is 64.7 Å². The van der Waals surface area contributed by atoms with Gasteiger partial charge < -0.3 is 19.7 Å². The number of carbonyl (C=O) groups is 1. The first-order valence-electron chi connectivity index (χ1n) is 8.67. The predicted octanol–water partition coefficient (Wildman–Crippen LogP) is 3.37. The lowest BCUT2D eigenvalue weighted by molar-refractivity contribution is -0.0516. The van der Waals surface area contributed by atoms with E-state index < -0.39 is 11.2 Å². The normalized spacial score (nSPS) is 13.0. The van der Waals surface area contributed by atoms with Gasteiger partial charge >= 0.3 is 0 Å². The van der Waals surface area contributed by atoms with Gasteiger partial charge in [0.2, 0.25) is 0 Å². The van der Waals surface area contributed by atoms with Crippen LogP contribution < -0.4 is 4.74 Å². The molecule has 0 aliphatic heterocycles. The second-order valence-electron chi connectivity index (χ2n) is 8.11. The lowest BCUT2D eigenvalue weighted by Gasteiger charge is -2.30. The van der Waals surface area contributed by atoms with Crippen LogP contribution in [0.15, 0.2) is 24.3 Å². The van der Waals surface area contributed by atoms with Crippen molar-refractivity contribution >= 4 is 5.78 Å². The van der Waals surface area contributed by atoms with Gasteiger partial charge in [0, 0.05) is 18.6 Å². The van der Waals surface area contributed by atoms with Crippen LogP contribution in [-0.2, 0) is 4.74 Å². The fourth-order valence-corrected chi connectivity index (χ4v) is 2.31. The Morgan fingerprint density at radius 2 is 1.52 bits per heavy atom. The zero-order chi connectivity index (χ0) is 19.3. The lowest BCUT2D eigenvalue weighted by Crippen LogP contribution is -2.33. The van der Waals surface area contributed by atoms with Crippen LogP contribution in [-0.4, -0.2) is 46.0 Å². The number of carbonyl (C=O) groups excluding carboxylic acids is 1.